The summed E-state index contributed by atoms with van der Waals surface area (Å²) in [6.07, 6.45) is 4.68. The van der Waals surface area contributed by atoms with Gasteiger partial charge in [0.25, 0.3) is 0 Å². The normalized spacial score (nSPS) is 12.2. The van der Waals surface area contributed by atoms with Crippen LogP contribution >= 0.6 is 24.0 Å². The van der Waals surface area contributed by atoms with Crippen molar-refractivity contribution in [2.45, 2.75) is 52.6 Å². The van der Waals surface area contributed by atoms with Crippen LogP contribution in [-0.4, -0.2) is 40.9 Å². The molecule has 162 valence electrons. The van der Waals surface area contributed by atoms with Crippen molar-refractivity contribution in [2.24, 2.45) is 4.99 Å². The Balaban J connectivity index is 0.00000420. The number of unbranched alkanes of at least 4 members (excludes halogenated alkanes) is 1. The summed E-state index contributed by atoms with van der Waals surface area (Å²) in [4.78, 5) is 4.63. The van der Waals surface area contributed by atoms with Crippen molar-refractivity contribution in [3.8, 4) is 5.75 Å². The van der Waals surface area contributed by atoms with E-state index in [2.05, 4.69) is 39.7 Å². The van der Waals surface area contributed by atoms with E-state index < -0.39 is 0 Å². The summed E-state index contributed by atoms with van der Waals surface area (Å²) in [6.45, 7) is 8.35. The Morgan fingerprint density at radius 3 is 2.79 bits per heavy atom. The van der Waals surface area contributed by atoms with E-state index in [-0.39, 0.29) is 41.6 Å². The van der Waals surface area contributed by atoms with E-state index in [0.29, 0.717) is 12.5 Å². The summed E-state index contributed by atoms with van der Waals surface area (Å²) in [5, 5.41) is 14.8. The van der Waals surface area contributed by atoms with Gasteiger partial charge in [-0.05, 0) is 31.0 Å². The maximum absolute atomic E-state index is 14.0. The average molecular weight is 518 g/mol. The minimum absolute atomic E-state index is 0. The molecule has 1 aromatic carbocycles. The Labute approximate surface area is 189 Å². The molecule has 1 unspecified atom stereocenters. The number of rotatable bonds is 10. The van der Waals surface area contributed by atoms with Gasteiger partial charge in [0.2, 0.25) is 0 Å². The molecule has 0 saturated carbocycles. The molecule has 0 amide bonds. The maximum atomic E-state index is 14.0. The SMILES string of the molecule is CCCCN=C(NCCn1cnnc1CC)NC(C)c1ccc(OC)c(F)c1.I. The van der Waals surface area contributed by atoms with Crippen LogP contribution in [-0.2, 0) is 13.0 Å². The quantitative estimate of drug-likeness (QED) is 0.217. The molecule has 0 radical (unpaired) electrons. The molecule has 7 nitrogen and oxygen atoms in total. The predicted octanol–water partition coefficient (Wildman–Crippen LogP) is 3.70. The second-order valence-electron chi connectivity index (χ2n) is 6.56. The highest BCUT2D eigenvalue weighted by Crippen LogP contribution is 2.21. The summed E-state index contributed by atoms with van der Waals surface area (Å²) >= 11 is 0. The Morgan fingerprint density at radius 1 is 1.34 bits per heavy atom. The van der Waals surface area contributed by atoms with Gasteiger partial charge in [-0.3, -0.25) is 4.99 Å². The second kappa shape index (κ2) is 13.3. The lowest BCUT2D eigenvalue weighted by Crippen LogP contribution is -2.40. The van der Waals surface area contributed by atoms with Crippen LogP contribution in [0.1, 0.15) is 51.0 Å². The fourth-order valence-electron chi connectivity index (χ4n) is 2.78. The summed E-state index contributed by atoms with van der Waals surface area (Å²) in [5.74, 6) is 1.54. The molecule has 2 N–H and O–H groups in total. The average Bonchev–Trinajstić information content (AvgIpc) is 3.15. The van der Waals surface area contributed by atoms with Gasteiger partial charge >= 0.3 is 0 Å². The number of benzene rings is 1. The van der Waals surface area contributed by atoms with Crippen molar-refractivity contribution in [3.05, 3.63) is 41.7 Å². The number of methoxy groups -OCH3 is 1. The van der Waals surface area contributed by atoms with Crippen LogP contribution < -0.4 is 15.4 Å². The molecule has 9 heteroatoms. The van der Waals surface area contributed by atoms with Crippen LogP contribution in [0.3, 0.4) is 0 Å². The molecule has 0 spiro atoms. The van der Waals surface area contributed by atoms with Gasteiger partial charge in [-0.15, -0.1) is 34.2 Å². The molecule has 0 fully saturated rings. The standard InChI is InChI=1S/C20H31FN6O.HI/c1-5-7-10-22-20(23-11-12-27-14-24-26-19(27)6-2)25-15(3)16-8-9-18(28-4)17(21)13-16;/h8-9,13-15H,5-7,10-12H2,1-4H3,(H2,22,23,25);1H. The largest absolute Gasteiger partial charge is 0.494 e. The molecular formula is C20H32FIN6O. The van der Waals surface area contributed by atoms with Gasteiger partial charge in [-0.2, -0.15) is 0 Å². The van der Waals surface area contributed by atoms with Gasteiger partial charge in [-0.1, -0.05) is 26.3 Å². The summed E-state index contributed by atoms with van der Waals surface area (Å²) < 4.78 is 21.0. The number of nitrogens with zero attached hydrogens (tertiary/aromatic N) is 4. The number of nitrogens with one attached hydrogen (secondary N) is 2. The van der Waals surface area contributed by atoms with Gasteiger partial charge < -0.3 is 19.9 Å². The molecule has 0 bridgehead atoms. The molecule has 2 aromatic rings. The van der Waals surface area contributed by atoms with E-state index in [0.717, 1.165) is 43.7 Å². The summed E-state index contributed by atoms with van der Waals surface area (Å²) in [5.41, 5.74) is 0.829. The lowest BCUT2D eigenvalue weighted by atomic mass is 10.1. The topological polar surface area (TPSA) is 76.4 Å². The zero-order valence-corrected chi connectivity index (χ0v) is 19.9. The number of halogens is 2. The lowest BCUT2D eigenvalue weighted by molar-refractivity contribution is 0.386. The molecule has 0 aliphatic carbocycles. The van der Waals surface area contributed by atoms with Crippen molar-refractivity contribution < 1.29 is 9.13 Å². The van der Waals surface area contributed by atoms with Crippen LogP contribution in [0.5, 0.6) is 5.75 Å². The van der Waals surface area contributed by atoms with Gasteiger partial charge in [-0.25, -0.2) is 4.39 Å². The third-order valence-corrected chi connectivity index (χ3v) is 4.47. The number of ether oxygens (including phenoxy) is 1. The Morgan fingerprint density at radius 2 is 2.14 bits per heavy atom. The maximum Gasteiger partial charge on any atom is 0.191 e. The van der Waals surface area contributed by atoms with E-state index in [9.17, 15) is 4.39 Å². The van der Waals surface area contributed by atoms with Crippen molar-refractivity contribution in [1.82, 2.24) is 25.4 Å². The molecule has 29 heavy (non-hydrogen) atoms. The number of aryl methyl sites for hydroxylation is 1. The predicted molar refractivity (Wildman–Crippen MR) is 125 cm³/mol. The van der Waals surface area contributed by atoms with E-state index in [1.165, 1.54) is 13.2 Å². The smallest absolute Gasteiger partial charge is 0.191 e. The fraction of sp³-hybridized carbons (Fsp3) is 0.550. The summed E-state index contributed by atoms with van der Waals surface area (Å²) in [7, 11) is 1.46. The van der Waals surface area contributed by atoms with E-state index >= 15 is 0 Å². The third kappa shape index (κ3) is 7.79. The van der Waals surface area contributed by atoms with Crippen molar-refractivity contribution >= 4 is 29.9 Å². The van der Waals surface area contributed by atoms with Crippen LogP contribution in [0.4, 0.5) is 4.39 Å². The van der Waals surface area contributed by atoms with Gasteiger partial charge in [0.15, 0.2) is 17.5 Å². The molecule has 1 atom stereocenters. The lowest BCUT2D eigenvalue weighted by Gasteiger charge is -2.19. The molecular weight excluding hydrogens is 486 g/mol. The number of aliphatic imine (C=N–C) groups is 1. The van der Waals surface area contributed by atoms with Crippen LogP contribution in [0.15, 0.2) is 29.5 Å². The number of aromatic nitrogens is 3. The third-order valence-electron chi connectivity index (χ3n) is 4.47. The zero-order valence-electron chi connectivity index (χ0n) is 17.6. The first-order valence-electron chi connectivity index (χ1n) is 9.84. The van der Waals surface area contributed by atoms with Gasteiger partial charge in [0.05, 0.1) is 13.2 Å². The van der Waals surface area contributed by atoms with Crippen molar-refractivity contribution in [3.63, 3.8) is 0 Å². The Bertz CT molecular complexity index is 767. The highest BCUT2D eigenvalue weighted by Gasteiger charge is 2.11. The van der Waals surface area contributed by atoms with Crippen LogP contribution in [0.25, 0.3) is 0 Å². The van der Waals surface area contributed by atoms with Crippen molar-refractivity contribution in [2.75, 3.05) is 20.2 Å². The Kier molecular flexibility index (Phi) is 11.6. The summed E-state index contributed by atoms with van der Waals surface area (Å²) in [6, 6.07) is 4.88. The minimum atomic E-state index is -0.370. The molecule has 1 aromatic heterocycles. The molecule has 0 aliphatic rings. The first-order valence-corrected chi connectivity index (χ1v) is 9.84. The molecule has 1 heterocycles. The van der Waals surface area contributed by atoms with Gasteiger partial charge in [0, 0.05) is 26.1 Å². The number of hydrogen-bond acceptors (Lipinski definition) is 4. The number of hydrogen-bond donors (Lipinski definition) is 2. The highest BCUT2D eigenvalue weighted by atomic mass is 127. The molecule has 0 saturated heterocycles. The van der Waals surface area contributed by atoms with Gasteiger partial charge in [0.1, 0.15) is 12.2 Å². The fourth-order valence-corrected chi connectivity index (χ4v) is 2.78. The Hall–Kier alpha value is -1.91. The van der Waals surface area contributed by atoms with Crippen molar-refractivity contribution in [1.29, 1.82) is 0 Å². The van der Waals surface area contributed by atoms with E-state index in [1.807, 2.05) is 17.6 Å². The highest BCUT2D eigenvalue weighted by molar-refractivity contribution is 14.0. The monoisotopic (exact) mass is 518 g/mol. The molecule has 2 rings (SSSR count). The van der Waals surface area contributed by atoms with E-state index in [1.54, 1.807) is 12.4 Å². The zero-order chi connectivity index (χ0) is 20.4. The van der Waals surface area contributed by atoms with E-state index in [4.69, 9.17) is 4.74 Å². The second-order valence-corrected chi connectivity index (χ2v) is 6.56. The first kappa shape index (κ1) is 25.1. The minimum Gasteiger partial charge on any atom is -0.494 e. The number of guanidine groups is 1. The van der Waals surface area contributed by atoms with Crippen LogP contribution in [0.2, 0.25) is 0 Å². The first-order chi connectivity index (χ1) is 13.6. The molecule has 0 aliphatic heterocycles. The van der Waals surface area contributed by atoms with Crippen LogP contribution in [0, 0.1) is 5.82 Å².